The lowest BCUT2D eigenvalue weighted by atomic mass is 10.0. The number of rotatable bonds is 17. The number of ether oxygens (including phenoxy) is 3. The number of esters is 1. The lowest BCUT2D eigenvalue weighted by Crippen LogP contribution is -2.42. The summed E-state index contributed by atoms with van der Waals surface area (Å²) in [5.41, 5.74) is 1.60. The second-order valence-electron chi connectivity index (χ2n) is 11.2. The number of benzene rings is 3. The number of carboxylic acids is 1. The molecule has 0 saturated carbocycles. The first-order valence-corrected chi connectivity index (χ1v) is 16.6. The number of amides is 2. The molecule has 1 unspecified atom stereocenters. The normalized spacial score (nSPS) is 11.3. The van der Waals surface area contributed by atoms with Crippen molar-refractivity contribution in [3.05, 3.63) is 105 Å². The van der Waals surface area contributed by atoms with Crippen LogP contribution in [0, 0.1) is 6.92 Å². The zero-order valence-corrected chi connectivity index (χ0v) is 28.1. The fraction of sp³-hybridized carbons (Fsp3) is 0.297. The predicted molar refractivity (Wildman–Crippen MR) is 185 cm³/mol. The van der Waals surface area contributed by atoms with E-state index < -0.39 is 23.9 Å². The van der Waals surface area contributed by atoms with Gasteiger partial charge in [0, 0.05) is 22.5 Å². The van der Waals surface area contributed by atoms with E-state index in [1.165, 1.54) is 55.9 Å². The largest absolute Gasteiger partial charge is 0.494 e. The van der Waals surface area contributed by atoms with Crippen molar-refractivity contribution < 1.29 is 38.5 Å². The van der Waals surface area contributed by atoms with Crippen LogP contribution in [0.4, 0.5) is 5.69 Å². The number of carbonyl (C=O) groups excluding carboxylic acids is 3. The van der Waals surface area contributed by atoms with Gasteiger partial charge in [0.15, 0.2) is 11.5 Å². The molecule has 2 amide bonds. The van der Waals surface area contributed by atoms with Gasteiger partial charge in [0.05, 0.1) is 24.2 Å². The minimum Gasteiger partial charge on any atom is -0.494 e. The van der Waals surface area contributed by atoms with Crippen molar-refractivity contribution in [3.63, 3.8) is 0 Å². The molecular formula is C37H40N2O8S. The first-order valence-electron chi connectivity index (χ1n) is 15.8. The van der Waals surface area contributed by atoms with E-state index in [1.54, 1.807) is 54.6 Å². The van der Waals surface area contributed by atoms with E-state index in [0.717, 1.165) is 17.7 Å². The maximum absolute atomic E-state index is 12.9. The molecule has 0 fully saturated rings. The molecule has 1 aromatic heterocycles. The molecule has 0 bridgehead atoms. The quantitative estimate of drug-likeness (QED) is 0.0603. The lowest BCUT2D eigenvalue weighted by molar-refractivity contribution is -0.139. The molecule has 0 aliphatic carbocycles. The van der Waals surface area contributed by atoms with Crippen molar-refractivity contribution in [3.8, 4) is 17.2 Å². The van der Waals surface area contributed by atoms with Crippen LogP contribution in [0.25, 0.3) is 0 Å². The van der Waals surface area contributed by atoms with Crippen LogP contribution in [-0.2, 0) is 11.2 Å². The summed E-state index contributed by atoms with van der Waals surface area (Å²) in [4.78, 5) is 51.8. The van der Waals surface area contributed by atoms with Crippen LogP contribution >= 0.6 is 11.3 Å². The Hall–Kier alpha value is -5.16. The third-order valence-corrected chi connectivity index (χ3v) is 8.45. The van der Waals surface area contributed by atoms with Crippen LogP contribution in [0.1, 0.15) is 79.9 Å². The van der Waals surface area contributed by atoms with Gasteiger partial charge in [0.25, 0.3) is 11.8 Å². The third kappa shape index (κ3) is 10.4. The van der Waals surface area contributed by atoms with Crippen LogP contribution in [0.5, 0.6) is 17.2 Å². The second kappa shape index (κ2) is 17.7. The van der Waals surface area contributed by atoms with Crippen LogP contribution in [0.3, 0.4) is 0 Å². The Balaban J connectivity index is 1.32. The number of carboxylic acid groups (broad SMARTS) is 1. The van der Waals surface area contributed by atoms with E-state index in [9.17, 15) is 24.3 Å². The van der Waals surface area contributed by atoms with Crippen LogP contribution < -0.4 is 24.8 Å². The molecule has 48 heavy (non-hydrogen) atoms. The van der Waals surface area contributed by atoms with Gasteiger partial charge in [0.1, 0.15) is 11.8 Å². The maximum Gasteiger partial charge on any atom is 0.343 e. The Bertz CT molecular complexity index is 1700. The molecule has 0 radical (unpaired) electrons. The average Bonchev–Trinajstić information content (AvgIpc) is 3.53. The number of hydrogen-bond acceptors (Lipinski definition) is 8. The monoisotopic (exact) mass is 672 g/mol. The Kier molecular flexibility index (Phi) is 13.1. The van der Waals surface area contributed by atoms with Gasteiger partial charge >= 0.3 is 11.9 Å². The molecule has 252 valence electrons. The molecule has 1 atom stereocenters. The second-order valence-corrected chi connectivity index (χ2v) is 12.5. The number of unbranched alkanes of at least 4 members (excludes halogenated alkanes) is 4. The first kappa shape index (κ1) is 35.7. The number of hydrogen-bond donors (Lipinski definition) is 3. The van der Waals surface area contributed by atoms with Crippen LogP contribution in [0.2, 0.25) is 0 Å². The Morgan fingerprint density at radius 2 is 1.52 bits per heavy atom. The van der Waals surface area contributed by atoms with E-state index in [0.29, 0.717) is 34.0 Å². The van der Waals surface area contributed by atoms with Crippen molar-refractivity contribution in [2.24, 2.45) is 0 Å². The standard InChI is InChI=1S/C37H40N2O8S/c1-4-5-6-7-8-21-46-29-17-13-27(14-18-29)37(44)47-31-19-10-25(23-32(31)45-3)22-30(36(42)43)39-34(40)26-11-15-28(16-12-26)38-35(41)33-20-9-24(2)48-33/h9-20,23,30H,4-8,21-22H2,1-3H3,(H,38,41)(H,39,40)(H,42,43). The number of anilines is 1. The average molecular weight is 673 g/mol. The minimum absolute atomic E-state index is 0.0555. The summed E-state index contributed by atoms with van der Waals surface area (Å²) in [5.74, 6) is -1.59. The fourth-order valence-corrected chi connectivity index (χ4v) is 5.56. The molecule has 0 aliphatic heterocycles. The molecule has 10 nitrogen and oxygen atoms in total. The summed E-state index contributed by atoms with van der Waals surface area (Å²) in [6.45, 7) is 4.71. The van der Waals surface area contributed by atoms with Gasteiger partial charge < -0.3 is 30.0 Å². The van der Waals surface area contributed by atoms with Gasteiger partial charge in [-0.15, -0.1) is 11.3 Å². The molecule has 0 aliphatic rings. The number of methoxy groups -OCH3 is 1. The number of nitrogens with one attached hydrogen (secondary N) is 2. The molecule has 0 spiro atoms. The third-order valence-electron chi connectivity index (χ3n) is 7.45. The minimum atomic E-state index is -1.26. The Labute approximate surface area is 284 Å². The summed E-state index contributed by atoms with van der Waals surface area (Å²) < 4.78 is 16.8. The van der Waals surface area contributed by atoms with Crippen molar-refractivity contribution in [1.82, 2.24) is 5.32 Å². The molecule has 11 heteroatoms. The highest BCUT2D eigenvalue weighted by molar-refractivity contribution is 7.14. The highest BCUT2D eigenvalue weighted by atomic mass is 32.1. The number of carbonyl (C=O) groups is 4. The maximum atomic E-state index is 12.9. The number of aliphatic carboxylic acids is 1. The first-order chi connectivity index (χ1) is 23.2. The van der Waals surface area contributed by atoms with Gasteiger partial charge in [-0.25, -0.2) is 9.59 Å². The van der Waals surface area contributed by atoms with Gasteiger partial charge in [-0.1, -0.05) is 38.7 Å². The topological polar surface area (TPSA) is 140 Å². The van der Waals surface area contributed by atoms with Crippen LogP contribution in [-0.4, -0.2) is 48.6 Å². The van der Waals surface area contributed by atoms with E-state index in [1.807, 2.05) is 13.0 Å². The Morgan fingerprint density at radius 3 is 2.17 bits per heavy atom. The SMILES string of the molecule is CCCCCCCOc1ccc(C(=O)Oc2ccc(CC(NC(=O)c3ccc(NC(=O)c4ccc(C)s4)cc3)C(=O)O)cc2OC)cc1. The van der Waals surface area contributed by atoms with Crippen LogP contribution in [0.15, 0.2) is 78.9 Å². The van der Waals surface area contributed by atoms with Gasteiger partial charge in [-0.3, -0.25) is 9.59 Å². The molecule has 3 N–H and O–H groups in total. The van der Waals surface area contributed by atoms with Gasteiger partial charge in [0.2, 0.25) is 0 Å². The van der Waals surface area contributed by atoms with E-state index in [-0.39, 0.29) is 29.4 Å². The van der Waals surface area contributed by atoms with Crippen molar-refractivity contribution >= 4 is 40.8 Å². The van der Waals surface area contributed by atoms with E-state index in [2.05, 4.69) is 17.6 Å². The summed E-state index contributed by atoms with van der Waals surface area (Å²) in [7, 11) is 1.41. The molecule has 1 heterocycles. The zero-order valence-electron chi connectivity index (χ0n) is 27.2. The highest BCUT2D eigenvalue weighted by Gasteiger charge is 2.23. The number of aryl methyl sites for hydroxylation is 1. The fourth-order valence-electron chi connectivity index (χ4n) is 4.80. The van der Waals surface area contributed by atoms with Gasteiger partial charge in [-0.05, 0) is 91.7 Å². The summed E-state index contributed by atoms with van der Waals surface area (Å²) >= 11 is 1.38. The molecule has 3 aromatic carbocycles. The predicted octanol–water partition coefficient (Wildman–Crippen LogP) is 7.31. The lowest BCUT2D eigenvalue weighted by Gasteiger charge is -2.16. The van der Waals surface area contributed by atoms with Gasteiger partial charge in [-0.2, -0.15) is 0 Å². The summed E-state index contributed by atoms with van der Waals surface area (Å²) in [5, 5.41) is 15.2. The highest BCUT2D eigenvalue weighted by Crippen LogP contribution is 2.30. The number of thiophene rings is 1. The molecule has 4 rings (SSSR count). The zero-order chi connectivity index (χ0) is 34.5. The smallest absolute Gasteiger partial charge is 0.343 e. The van der Waals surface area contributed by atoms with Crippen molar-refractivity contribution in [1.29, 1.82) is 0 Å². The van der Waals surface area contributed by atoms with E-state index in [4.69, 9.17) is 14.2 Å². The molecule has 0 saturated heterocycles. The Morgan fingerprint density at radius 1 is 0.812 bits per heavy atom. The summed E-state index contributed by atoms with van der Waals surface area (Å²) in [6, 6.07) is 19.9. The molecule has 4 aromatic rings. The van der Waals surface area contributed by atoms with Crippen molar-refractivity contribution in [2.75, 3.05) is 19.0 Å². The molecular weight excluding hydrogens is 632 g/mol. The van der Waals surface area contributed by atoms with Crippen molar-refractivity contribution in [2.45, 2.75) is 58.4 Å². The van der Waals surface area contributed by atoms with E-state index >= 15 is 0 Å². The summed E-state index contributed by atoms with van der Waals surface area (Å²) in [6.07, 6.45) is 5.66.